The number of nitrogens with two attached hydrogens (primary N) is 1. The van der Waals surface area contributed by atoms with E-state index in [0.29, 0.717) is 18.6 Å². The number of hydrogen-bond donors (Lipinski definition) is 2. The van der Waals surface area contributed by atoms with Crippen LogP contribution in [0.5, 0.6) is 0 Å². The van der Waals surface area contributed by atoms with Gasteiger partial charge in [-0.1, -0.05) is 6.42 Å². The van der Waals surface area contributed by atoms with Gasteiger partial charge in [0.05, 0.1) is 5.41 Å². The highest BCUT2D eigenvalue weighted by Gasteiger charge is 2.49. The van der Waals surface area contributed by atoms with Gasteiger partial charge in [0.2, 0.25) is 5.91 Å². The van der Waals surface area contributed by atoms with Crippen molar-refractivity contribution in [1.82, 2.24) is 10.4 Å². The molecule has 0 radical (unpaired) electrons. The Kier molecular flexibility index (Phi) is 3.22. The van der Waals surface area contributed by atoms with Crippen LogP contribution in [-0.4, -0.2) is 29.5 Å². The van der Waals surface area contributed by atoms with Gasteiger partial charge in [-0.05, 0) is 39.5 Å². The number of hydrazine groups is 1. The molecular formula is C12H23N3O. The second-order valence-electron chi connectivity index (χ2n) is 5.46. The number of piperidine rings is 1. The highest BCUT2D eigenvalue weighted by atomic mass is 16.2. The summed E-state index contributed by atoms with van der Waals surface area (Å²) >= 11 is 0. The molecule has 92 valence electrons. The van der Waals surface area contributed by atoms with E-state index >= 15 is 0 Å². The summed E-state index contributed by atoms with van der Waals surface area (Å²) in [4.78, 5) is 12.1. The Bertz CT molecular complexity index is 265. The molecule has 0 aromatic carbocycles. The summed E-state index contributed by atoms with van der Waals surface area (Å²) in [6.45, 7) is 4.84. The zero-order chi connectivity index (χ0) is 11.8. The number of rotatable bonds is 3. The van der Waals surface area contributed by atoms with Gasteiger partial charge in [0.1, 0.15) is 0 Å². The highest BCUT2D eigenvalue weighted by molar-refractivity contribution is 5.85. The molecule has 0 aromatic rings. The van der Waals surface area contributed by atoms with E-state index in [9.17, 15) is 4.79 Å². The van der Waals surface area contributed by atoms with E-state index in [1.165, 1.54) is 19.3 Å². The topological polar surface area (TPSA) is 58.4 Å². The minimum absolute atomic E-state index is 0.135. The molecule has 2 fully saturated rings. The zero-order valence-electron chi connectivity index (χ0n) is 10.3. The van der Waals surface area contributed by atoms with Crippen molar-refractivity contribution in [3.63, 3.8) is 0 Å². The first kappa shape index (κ1) is 11.9. The molecular weight excluding hydrogens is 202 g/mol. The van der Waals surface area contributed by atoms with Gasteiger partial charge in [-0.2, -0.15) is 0 Å². The Hall–Kier alpha value is -0.610. The molecule has 2 atom stereocenters. The van der Waals surface area contributed by atoms with Crippen LogP contribution < -0.4 is 11.2 Å². The summed E-state index contributed by atoms with van der Waals surface area (Å²) in [7, 11) is 0. The predicted molar refractivity (Wildman–Crippen MR) is 63.5 cm³/mol. The minimum atomic E-state index is -0.239. The van der Waals surface area contributed by atoms with Crippen molar-refractivity contribution in [3.05, 3.63) is 0 Å². The summed E-state index contributed by atoms with van der Waals surface area (Å²) in [5.41, 5.74) is 8.51. The Morgan fingerprint density at radius 2 is 1.94 bits per heavy atom. The van der Waals surface area contributed by atoms with E-state index < -0.39 is 0 Å². The lowest BCUT2D eigenvalue weighted by Gasteiger charge is -2.39. The van der Waals surface area contributed by atoms with Crippen LogP contribution in [0.3, 0.4) is 0 Å². The van der Waals surface area contributed by atoms with Crippen LogP contribution in [0, 0.1) is 5.41 Å². The molecule has 1 aliphatic carbocycles. The molecule has 3 N–H and O–H groups in total. The van der Waals surface area contributed by atoms with Crippen LogP contribution in [0.25, 0.3) is 0 Å². The first-order valence-corrected chi connectivity index (χ1v) is 6.38. The maximum Gasteiger partial charge on any atom is 0.241 e. The average molecular weight is 225 g/mol. The lowest BCUT2D eigenvalue weighted by molar-refractivity contribution is -0.134. The largest absolute Gasteiger partial charge is 0.329 e. The fraction of sp³-hybridized carbons (Fsp3) is 0.917. The molecule has 2 unspecified atom stereocenters. The predicted octanol–water partition coefficient (Wildman–Crippen LogP) is 1.02. The Morgan fingerprint density at radius 3 is 2.38 bits per heavy atom. The normalized spacial score (nSPS) is 33.4. The molecule has 1 amide bonds. The monoisotopic (exact) mass is 225 g/mol. The summed E-state index contributed by atoms with van der Waals surface area (Å²) in [6, 6.07) is 0.891. The van der Waals surface area contributed by atoms with Crippen molar-refractivity contribution in [2.24, 2.45) is 11.1 Å². The maximum atomic E-state index is 12.1. The van der Waals surface area contributed by atoms with Gasteiger partial charge in [-0.15, -0.1) is 0 Å². The van der Waals surface area contributed by atoms with Crippen LogP contribution in [0.4, 0.5) is 0 Å². The summed E-state index contributed by atoms with van der Waals surface area (Å²) in [5.74, 6) is 0.135. The van der Waals surface area contributed by atoms with Crippen molar-refractivity contribution in [3.8, 4) is 0 Å². The molecule has 0 bridgehead atoms. The second kappa shape index (κ2) is 4.34. The third-order valence-corrected chi connectivity index (χ3v) is 4.15. The Labute approximate surface area is 97.5 Å². The maximum absolute atomic E-state index is 12.1. The number of hydrogen-bond acceptors (Lipinski definition) is 3. The lowest BCUT2D eigenvalue weighted by atomic mass is 9.99. The molecule has 0 aromatic heterocycles. The van der Waals surface area contributed by atoms with Gasteiger partial charge in [-0.25, -0.2) is 5.01 Å². The first-order chi connectivity index (χ1) is 7.59. The molecule has 2 aliphatic rings. The van der Waals surface area contributed by atoms with Crippen molar-refractivity contribution in [2.75, 3.05) is 6.54 Å². The van der Waals surface area contributed by atoms with Crippen LogP contribution >= 0.6 is 0 Å². The van der Waals surface area contributed by atoms with E-state index in [1.54, 1.807) is 0 Å². The van der Waals surface area contributed by atoms with Crippen molar-refractivity contribution in [2.45, 2.75) is 58.0 Å². The van der Waals surface area contributed by atoms with Crippen LogP contribution in [0.1, 0.15) is 46.0 Å². The van der Waals surface area contributed by atoms with Gasteiger partial charge in [-0.3, -0.25) is 10.2 Å². The summed E-state index contributed by atoms with van der Waals surface area (Å²) in [5, 5.41) is 2.13. The quantitative estimate of drug-likeness (QED) is 0.754. The fourth-order valence-electron chi connectivity index (χ4n) is 2.55. The molecule has 1 saturated heterocycles. The van der Waals surface area contributed by atoms with Crippen LogP contribution in [-0.2, 0) is 4.79 Å². The van der Waals surface area contributed by atoms with E-state index in [1.807, 2.05) is 0 Å². The molecule has 4 heteroatoms. The molecule has 1 aliphatic heterocycles. The highest BCUT2D eigenvalue weighted by Crippen LogP contribution is 2.44. The number of carbonyl (C=O) groups is 1. The fourth-order valence-corrected chi connectivity index (χ4v) is 2.55. The molecule has 16 heavy (non-hydrogen) atoms. The smallest absolute Gasteiger partial charge is 0.241 e. The van der Waals surface area contributed by atoms with Gasteiger partial charge < -0.3 is 5.73 Å². The number of carbonyl (C=O) groups excluding carboxylic acids is 1. The molecule has 4 nitrogen and oxygen atoms in total. The van der Waals surface area contributed by atoms with Gasteiger partial charge in [0, 0.05) is 18.6 Å². The van der Waals surface area contributed by atoms with Gasteiger partial charge in [0.25, 0.3) is 0 Å². The van der Waals surface area contributed by atoms with Crippen molar-refractivity contribution < 1.29 is 4.79 Å². The number of amides is 1. The molecule has 0 spiro atoms. The number of nitrogens with one attached hydrogen (secondary N) is 1. The van der Waals surface area contributed by atoms with Crippen LogP contribution in [0.15, 0.2) is 0 Å². The lowest BCUT2D eigenvalue weighted by Crippen LogP contribution is -2.56. The summed E-state index contributed by atoms with van der Waals surface area (Å²) < 4.78 is 0. The van der Waals surface area contributed by atoms with E-state index in [0.717, 1.165) is 12.8 Å². The SMILES string of the molecule is CC1CCCC(C)N1NC(=O)C1(CN)CC1. The Morgan fingerprint density at radius 1 is 1.38 bits per heavy atom. The molecule has 1 saturated carbocycles. The van der Waals surface area contributed by atoms with Gasteiger partial charge in [0.15, 0.2) is 0 Å². The van der Waals surface area contributed by atoms with Crippen molar-refractivity contribution in [1.29, 1.82) is 0 Å². The minimum Gasteiger partial charge on any atom is -0.329 e. The van der Waals surface area contributed by atoms with E-state index in [4.69, 9.17) is 5.73 Å². The van der Waals surface area contributed by atoms with E-state index in [2.05, 4.69) is 24.3 Å². The third-order valence-electron chi connectivity index (χ3n) is 4.15. The molecule has 1 heterocycles. The first-order valence-electron chi connectivity index (χ1n) is 6.38. The van der Waals surface area contributed by atoms with Crippen LogP contribution in [0.2, 0.25) is 0 Å². The van der Waals surface area contributed by atoms with E-state index in [-0.39, 0.29) is 11.3 Å². The number of nitrogens with zero attached hydrogens (tertiary/aromatic N) is 1. The summed E-state index contributed by atoms with van der Waals surface area (Å²) in [6.07, 6.45) is 5.50. The molecule has 2 rings (SSSR count). The second-order valence-corrected chi connectivity index (χ2v) is 5.46. The van der Waals surface area contributed by atoms with Crippen molar-refractivity contribution >= 4 is 5.91 Å². The Balaban J connectivity index is 1.95. The standard InChI is InChI=1S/C12H23N3O/c1-9-4-3-5-10(2)15(9)14-11(16)12(8-13)6-7-12/h9-10H,3-8,13H2,1-2H3,(H,14,16). The third kappa shape index (κ3) is 2.09. The zero-order valence-corrected chi connectivity index (χ0v) is 10.3. The average Bonchev–Trinajstić information content (AvgIpc) is 3.04. The van der Waals surface area contributed by atoms with Gasteiger partial charge >= 0.3 is 0 Å².